The van der Waals surface area contributed by atoms with Crippen LogP contribution in [-0.2, 0) is 11.3 Å². The number of aryl methyl sites for hydroxylation is 1. The van der Waals surface area contributed by atoms with Crippen LogP contribution in [0.15, 0.2) is 29.8 Å². The minimum absolute atomic E-state index is 0.0793. The Bertz CT molecular complexity index is 657. The minimum atomic E-state index is -0.0793. The van der Waals surface area contributed by atoms with Gasteiger partial charge in [-0.05, 0) is 38.2 Å². The average Bonchev–Trinajstić information content (AvgIpc) is 2.84. The fourth-order valence-electron chi connectivity index (χ4n) is 1.85. The monoisotopic (exact) mass is 300 g/mol. The number of benzene rings is 1. The fraction of sp³-hybridized carbons (Fsp3) is 0.267. The molecule has 1 N–H and O–H groups in total. The Balaban J connectivity index is 1.86. The lowest BCUT2D eigenvalue weighted by Crippen LogP contribution is -2.29. The second-order valence-corrected chi connectivity index (χ2v) is 5.71. The van der Waals surface area contributed by atoms with E-state index in [1.54, 1.807) is 35.6 Å². The SMILES string of the molecule is Cc1ncsc1CN(C)CC(=O)Nc1ccc(C#N)cc1. The lowest BCUT2D eigenvalue weighted by atomic mass is 10.2. The van der Waals surface area contributed by atoms with Gasteiger partial charge in [-0.15, -0.1) is 11.3 Å². The van der Waals surface area contributed by atoms with Crippen LogP contribution in [-0.4, -0.2) is 29.4 Å². The summed E-state index contributed by atoms with van der Waals surface area (Å²) in [4.78, 5) is 19.3. The quantitative estimate of drug-likeness (QED) is 0.920. The second-order valence-electron chi connectivity index (χ2n) is 4.77. The van der Waals surface area contributed by atoms with E-state index in [1.165, 1.54) is 4.88 Å². The summed E-state index contributed by atoms with van der Waals surface area (Å²) in [7, 11) is 1.90. The number of likely N-dealkylation sites (N-methyl/N-ethyl adjacent to an activating group) is 1. The molecule has 0 atom stereocenters. The van der Waals surface area contributed by atoms with Gasteiger partial charge >= 0.3 is 0 Å². The predicted octanol–water partition coefficient (Wildman–Crippen LogP) is 2.39. The number of hydrogen-bond acceptors (Lipinski definition) is 5. The zero-order valence-corrected chi connectivity index (χ0v) is 12.8. The number of hydrogen-bond donors (Lipinski definition) is 1. The first-order chi connectivity index (χ1) is 10.1. The lowest BCUT2D eigenvalue weighted by Gasteiger charge is -2.15. The first-order valence-corrected chi connectivity index (χ1v) is 7.34. The Morgan fingerprint density at radius 3 is 2.71 bits per heavy atom. The van der Waals surface area contributed by atoms with Gasteiger partial charge in [0.25, 0.3) is 0 Å². The molecule has 2 aromatic rings. The maximum Gasteiger partial charge on any atom is 0.238 e. The predicted molar refractivity (Wildman–Crippen MR) is 83.0 cm³/mol. The molecule has 0 radical (unpaired) electrons. The molecule has 21 heavy (non-hydrogen) atoms. The molecule has 1 amide bonds. The Kier molecular flexibility index (Phi) is 5.04. The zero-order chi connectivity index (χ0) is 15.2. The number of aromatic nitrogens is 1. The molecule has 0 unspecified atom stereocenters. The molecule has 0 aliphatic rings. The van der Waals surface area contributed by atoms with Gasteiger partial charge in [-0.1, -0.05) is 0 Å². The van der Waals surface area contributed by atoms with E-state index >= 15 is 0 Å². The summed E-state index contributed by atoms with van der Waals surface area (Å²) >= 11 is 1.60. The van der Waals surface area contributed by atoms with E-state index in [2.05, 4.69) is 10.3 Å². The van der Waals surface area contributed by atoms with Gasteiger partial charge in [0.15, 0.2) is 0 Å². The number of nitrogens with zero attached hydrogens (tertiary/aromatic N) is 3. The molecule has 0 saturated carbocycles. The van der Waals surface area contributed by atoms with Gasteiger partial charge < -0.3 is 5.32 Å². The van der Waals surface area contributed by atoms with Crippen molar-refractivity contribution in [2.75, 3.05) is 18.9 Å². The maximum atomic E-state index is 12.0. The number of amides is 1. The number of nitrogens with one attached hydrogen (secondary N) is 1. The summed E-state index contributed by atoms with van der Waals surface area (Å²) in [6.07, 6.45) is 0. The van der Waals surface area contributed by atoms with Crippen LogP contribution in [0.4, 0.5) is 5.69 Å². The van der Waals surface area contributed by atoms with Gasteiger partial charge in [0.2, 0.25) is 5.91 Å². The maximum absolute atomic E-state index is 12.0. The molecule has 1 heterocycles. The van der Waals surface area contributed by atoms with Gasteiger partial charge in [0.05, 0.1) is 29.4 Å². The largest absolute Gasteiger partial charge is 0.325 e. The molecule has 2 rings (SSSR count). The van der Waals surface area contributed by atoms with Crippen LogP contribution < -0.4 is 5.32 Å². The Hall–Kier alpha value is -2.23. The van der Waals surface area contributed by atoms with Crippen molar-refractivity contribution in [1.82, 2.24) is 9.88 Å². The van der Waals surface area contributed by atoms with E-state index in [0.717, 1.165) is 5.69 Å². The Morgan fingerprint density at radius 2 is 2.14 bits per heavy atom. The van der Waals surface area contributed by atoms with E-state index in [9.17, 15) is 4.79 Å². The summed E-state index contributed by atoms with van der Waals surface area (Å²) in [5.41, 5.74) is 4.10. The fourth-order valence-corrected chi connectivity index (χ4v) is 2.71. The number of carbonyl (C=O) groups excluding carboxylic acids is 1. The Labute approximate surface area is 127 Å². The molecule has 6 heteroatoms. The van der Waals surface area contributed by atoms with E-state index in [-0.39, 0.29) is 5.91 Å². The highest BCUT2D eigenvalue weighted by atomic mass is 32.1. The number of carbonyl (C=O) groups is 1. The Morgan fingerprint density at radius 1 is 1.43 bits per heavy atom. The second kappa shape index (κ2) is 6.97. The first kappa shape index (κ1) is 15.2. The van der Waals surface area contributed by atoms with Crippen molar-refractivity contribution in [3.05, 3.63) is 45.9 Å². The highest BCUT2D eigenvalue weighted by molar-refractivity contribution is 7.09. The smallest absolute Gasteiger partial charge is 0.238 e. The van der Waals surface area contributed by atoms with Crippen molar-refractivity contribution in [3.63, 3.8) is 0 Å². The van der Waals surface area contributed by atoms with Crippen LogP contribution in [0.3, 0.4) is 0 Å². The van der Waals surface area contributed by atoms with Crippen LogP contribution in [0.2, 0.25) is 0 Å². The molecule has 0 aliphatic heterocycles. The summed E-state index contributed by atoms with van der Waals surface area (Å²) < 4.78 is 0. The molecule has 0 bridgehead atoms. The summed E-state index contributed by atoms with van der Waals surface area (Å²) in [6, 6.07) is 8.86. The van der Waals surface area contributed by atoms with Crippen LogP contribution in [0, 0.1) is 18.3 Å². The topological polar surface area (TPSA) is 69.0 Å². The number of nitriles is 1. The van der Waals surface area contributed by atoms with Crippen molar-refractivity contribution in [2.45, 2.75) is 13.5 Å². The molecule has 0 saturated heterocycles. The highest BCUT2D eigenvalue weighted by Crippen LogP contribution is 2.14. The highest BCUT2D eigenvalue weighted by Gasteiger charge is 2.10. The van der Waals surface area contributed by atoms with E-state index in [4.69, 9.17) is 5.26 Å². The van der Waals surface area contributed by atoms with Crippen LogP contribution in [0.5, 0.6) is 0 Å². The molecule has 0 aliphatic carbocycles. The van der Waals surface area contributed by atoms with Crippen LogP contribution >= 0.6 is 11.3 Å². The van der Waals surface area contributed by atoms with Gasteiger partial charge in [-0.2, -0.15) is 5.26 Å². The molecular formula is C15H16N4OS. The third-order valence-electron chi connectivity index (χ3n) is 2.97. The summed E-state index contributed by atoms with van der Waals surface area (Å²) in [5, 5.41) is 11.5. The van der Waals surface area contributed by atoms with E-state index < -0.39 is 0 Å². The standard InChI is InChI=1S/C15H16N4OS/c1-11-14(21-10-17-11)8-19(2)9-15(20)18-13-5-3-12(7-16)4-6-13/h3-6,10H,8-9H2,1-2H3,(H,18,20). The van der Waals surface area contributed by atoms with Gasteiger partial charge in [-0.25, -0.2) is 4.98 Å². The van der Waals surface area contributed by atoms with Crippen LogP contribution in [0.25, 0.3) is 0 Å². The zero-order valence-electron chi connectivity index (χ0n) is 12.0. The molecule has 0 spiro atoms. The molecule has 1 aromatic heterocycles. The number of anilines is 1. The van der Waals surface area contributed by atoms with Gasteiger partial charge in [0, 0.05) is 17.1 Å². The lowest BCUT2D eigenvalue weighted by molar-refractivity contribution is -0.117. The van der Waals surface area contributed by atoms with Gasteiger partial charge in [-0.3, -0.25) is 9.69 Å². The number of thiazole rings is 1. The average molecular weight is 300 g/mol. The van der Waals surface area contributed by atoms with Crippen molar-refractivity contribution in [1.29, 1.82) is 5.26 Å². The molecule has 1 aromatic carbocycles. The first-order valence-electron chi connectivity index (χ1n) is 6.46. The molecule has 108 valence electrons. The van der Waals surface area contributed by atoms with Crippen molar-refractivity contribution in [3.8, 4) is 6.07 Å². The van der Waals surface area contributed by atoms with Crippen molar-refractivity contribution < 1.29 is 4.79 Å². The summed E-state index contributed by atoms with van der Waals surface area (Å²) in [6.45, 7) is 2.98. The van der Waals surface area contributed by atoms with Gasteiger partial charge in [0.1, 0.15) is 0 Å². The molecule has 5 nitrogen and oxygen atoms in total. The van der Waals surface area contributed by atoms with E-state index in [0.29, 0.717) is 24.3 Å². The normalized spacial score (nSPS) is 10.4. The van der Waals surface area contributed by atoms with Crippen molar-refractivity contribution >= 4 is 22.9 Å². The van der Waals surface area contributed by atoms with Crippen LogP contribution in [0.1, 0.15) is 16.1 Å². The third kappa shape index (κ3) is 4.38. The molecule has 0 fully saturated rings. The summed E-state index contributed by atoms with van der Waals surface area (Å²) in [5.74, 6) is -0.0793. The van der Waals surface area contributed by atoms with E-state index in [1.807, 2.05) is 30.5 Å². The minimum Gasteiger partial charge on any atom is -0.325 e. The third-order valence-corrected chi connectivity index (χ3v) is 3.89. The van der Waals surface area contributed by atoms with Crippen molar-refractivity contribution in [2.24, 2.45) is 0 Å². The number of rotatable bonds is 5. The molecular weight excluding hydrogens is 284 g/mol.